The summed E-state index contributed by atoms with van der Waals surface area (Å²) >= 11 is 0. The van der Waals surface area contributed by atoms with Crippen LogP contribution in [0.15, 0.2) is 0 Å². The van der Waals surface area contributed by atoms with Gasteiger partial charge in [0.1, 0.15) is 6.10 Å². The molecule has 1 saturated heterocycles. The van der Waals surface area contributed by atoms with E-state index >= 15 is 0 Å². The van der Waals surface area contributed by atoms with Crippen LogP contribution >= 0.6 is 0 Å². The van der Waals surface area contributed by atoms with Crippen molar-refractivity contribution in [1.29, 1.82) is 0 Å². The van der Waals surface area contributed by atoms with Crippen LogP contribution in [0.1, 0.15) is 13.8 Å². The third-order valence-electron chi connectivity index (χ3n) is 1.35. The lowest BCUT2D eigenvalue weighted by molar-refractivity contribution is -0.138. The molecule has 1 N–H and O–H groups in total. The van der Waals surface area contributed by atoms with Gasteiger partial charge in [-0.1, -0.05) is 0 Å². The van der Waals surface area contributed by atoms with Crippen LogP contribution in [0.4, 0.5) is 0 Å². The van der Waals surface area contributed by atoms with Crippen LogP contribution in [0.3, 0.4) is 0 Å². The second-order valence-electron chi connectivity index (χ2n) is 2.39. The van der Waals surface area contributed by atoms with Gasteiger partial charge >= 0.3 is 0 Å². The van der Waals surface area contributed by atoms with E-state index in [4.69, 9.17) is 4.74 Å². The Labute approximate surface area is 54.4 Å². The molecule has 9 heavy (non-hydrogen) atoms. The molecular formula is C6H11NO2. The highest BCUT2D eigenvalue weighted by Gasteiger charge is 2.21. The minimum Gasteiger partial charge on any atom is -0.367 e. The summed E-state index contributed by atoms with van der Waals surface area (Å²) in [6.45, 7) is 4.30. The van der Waals surface area contributed by atoms with Crippen LogP contribution in [-0.4, -0.2) is 24.7 Å². The fraction of sp³-hybridized carbons (Fsp3) is 0.833. The predicted molar refractivity (Wildman–Crippen MR) is 33.0 cm³/mol. The molecule has 0 aliphatic carbocycles. The van der Waals surface area contributed by atoms with Gasteiger partial charge in [0, 0.05) is 6.04 Å². The summed E-state index contributed by atoms with van der Waals surface area (Å²) in [5.41, 5.74) is 0. The van der Waals surface area contributed by atoms with Gasteiger partial charge in [-0.25, -0.2) is 0 Å². The number of hydrogen-bond donors (Lipinski definition) is 1. The molecule has 3 nitrogen and oxygen atoms in total. The van der Waals surface area contributed by atoms with E-state index in [1.165, 1.54) is 0 Å². The maximum absolute atomic E-state index is 10.8. The van der Waals surface area contributed by atoms with Crippen molar-refractivity contribution >= 4 is 5.91 Å². The Morgan fingerprint density at radius 1 is 1.67 bits per heavy atom. The number of morpholine rings is 1. The third-order valence-corrected chi connectivity index (χ3v) is 1.35. The quantitative estimate of drug-likeness (QED) is 0.496. The van der Waals surface area contributed by atoms with Crippen molar-refractivity contribution in [2.45, 2.75) is 26.0 Å². The van der Waals surface area contributed by atoms with E-state index in [2.05, 4.69) is 5.32 Å². The number of hydrogen-bond acceptors (Lipinski definition) is 2. The third kappa shape index (κ3) is 1.42. The van der Waals surface area contributed by atoms with Crippen LogP contribution < -0.4 is 5.32 Å². The monoisotopic (exact) mass is 129 g/mol. The lowest BCUT2D eigenvalue weighted by Gasteiger charge is -2.24. The molecule has 0 aromatic carbocycles. The SMILES string of the molecule is C[C@@H]1CO[C@H](C)C(=O)N1. The van der Waals surface area contributed by atoms with Gasteiger partial charge < -0.3 is 10.1 Å². The Hall–Kier alpha value is -0.570. The molecule has 1 fully saturated rings. The number of rotatable bonds is 0. The molecule has 0 radical (unpaired) electrons. The number of amides is 1. The van der Waals surface area contributed by atoms with Gasteiger partial charge in [-0.2, -0.15) is 0 Å². The Morgan fingerprint density at radius 3 is 2.78 bits per heavy atom. The Balaban J connectivity index is 2.44. The molecule has 1 aliphatic heterocycles. The van der Waals surface area contributed by atoms with Crippen molar-refractivity contribution < 1.29 is 9.53 Å². The minimum absolute atomic E-state index is 0.00579. The molecule has 1 heterocycles. The molecule has 0 aromatic heterocycles. The molecule has 0 aromatic rings. The summed E-state index contributed by atoms with van der Waals surface area (Å²) in [6, 6.07) is 0.175. The van der Waals surface area contributed by atoms with Crippen LogP contribution in [0, 0.1) is 0 Å². The zero-order valence-electron chi connectivity index (χ0n) is 5.68. The zero-order valence-corrected chi connectivity index (χ0v) is 5.68. The first kappa shape index (κ1) is 6.55. The van der Waals surface area contributed by atoms with Crippen LogP contribution in [-0.2, 0) is 9.53 Å². The van der Waals surface area contributed by atoms with Crippen molar-refractivity contribution in [2.75, 3.05) is 6.61 Å². The van der Waals surface area contributed by atoms with Crippen molar-refractivity contribution in [3.8, 4) is 0 Å². The first-order valence-corrected chi connectivity index (χ1v) is 3.12. The van der Waals surface area contributed by atoms with E-state index in [-0.39, 0.29) is 18.1 Å². The first-order valence-electron chi connectivity index (χ1n) is 3.12. The second-order valence-corrected chi connectivity index (χ2v) is 2.39. The molecule has 0 spiro atoms. The lowest BCUT2D eigenvalue weighted by atomic mass is 10.2. The van der Waals surface area contributed by atoms with Crippen LogP contribution in [0.25, 0.3) is 0 Å². The van der Waals surface area contributed by atoms with Crippen molar-refractivity contribution in [3.05, 3.63) is 0 Å². The van der Waals surface area contributed by atoms with Gasteiger partial charge in [0.05, 0.1) is 6.61 Å². The van der Waals surface area contributed by atoms with Crippen molar-refractivity contribution in [2.24, 2.45) is 0 Å². The lowest BCUT2D eigenvalue weighted by Crippen LogP contribution is -2.48. The van der Waals surface area contributed by atoms with Crippen molar-refractivity contribution in [1.82, 2.24) is 5.32 Å². The minimum atomic E-state index is -0.263. The van der Waals surface area contributed by atoms with Crippen LogP contribution in [0.5, 0.6) is 0 Å². The van der Waals surface area contributed by atoms with Crippen molar-refractivity contribution in [3.63, 3.8) is 0 Å². The molecule has 0 saturated carbocycles. The molecular weight excluding hydrogens is 118 g/mol. The van der Waals surface area contributed by atoms with Gasteiger partial charge in [0.25, 0.3) is 0 Å². The standard InChI is InChI=1S/C6H11NO2/c1-4-3-9-5(2)6(8)7-4/h4-5H,3H2,1-2H3,(H,7,8)/t4-,5-/m1/s1. The van der Waals surface area contributed by atoms with E-state index in [0.717, 1.165) is 0 Å². The van der Waals surface area contributed by atoms with E-state index in [1.807, 2.05) is 6.92 Å². The summed E-state index contributed by atoms with van der Waals surface area (Å²) in [4.78, 5) is 10.8. The summed E-state index contributed by atoms with van der Waals surface area (Å²) in [6.07, 6.45) is -0.263. The van der Waals surface area contributed by atoms with E-state index in [1.54, 1.807) is 6.92 Å². The van der Waals surface area contributed by atoms with Gasteiger partial charge in [0.2, 0.25) is 5.91 Å². The number of carbonyl (C=O) groups is 1. The summed E-state index contributed by atoms with van der Waals surface area (Å²) in [7, 11) is 0. The number of ether oxygens (including phenoxy) is 1. The Bertz CT molecular complexity index is 124. The van der Waals surface area contributed by atoms with Crippen LogP contribution in [0.2, 0.25) is 0 Å². The smallest absolute Gasteiger partial charge is 0.249 e. The fourth-order valence-corrected chi connectivity index (χ4v) is 0.766. The molecule has 1 rings (SSSR count). The predicted octanol–water partition coefficient (Wildman–Crippen LogP) is -0.0902. The molecule has 3 heteroatoms. The topological polar surface area (TPSA) is 38.3 Å². The highest BCUT2D eigenvalue weighted by Crippen LogP contribution is 1.99. The van der Waals surface area contributed by atoms with Gasteiger partial charge in [-0.05, 0) is 13.8 Å². The summed E-state index contributed by atoms with van der Waals surface area (Å²) < 4.78 is 5.09. The Kier molecular flexibility index (Phi) is 1.71. The maximum Gasteiger partial charge on any atom is 0.249 e. The average Bonchev–Trinajstić information content (AvgIpc) is 1.80. The van der Waals surface area contributed by atoms with Gasteiger partial charge in [-0.15, -0.1) is 0 Å². The van der Waals surface area contributed by atoms with E-state index < -0.39 is 0 Å². The molecule has 2 atom stereocenters. The average molecular weight is 129 g/mol. The van der Waals surface area contributed by atoms with Gasteiger partial charge in [-0.3, -0.25) is 4.79 Å². The molecule has 52 valence electrons. The molecule has 1 amide bonds. The highest BCUT2D eigenvalue weighted by molar-refractivity contribution is 5.81. The highest BCUT2D eigenvalue weighted by atomic mass is 16.5. The largest absolute Gasteiger partial charge is 0.367 e. The summed E-state index contributed by atoms with van der Waals surface area (Å²) in [5, 5.41) is 2.77. The second kappa shape index (κ2) is 2.35. The number of carbonyl (C=O) groups excluding carboxylic acids is 1. The van der Waals surface area contributed by atoms with Gasteiger partial charge in [0.15, 0.2) is 0 Å². The van der Waals surface area contributed by atoms with E-state index in [9.17, 15) is 4.79 Å². The fourth-order valence-electron chi connectivity index (χ4n) is 0.766. The normalized spacial score (nSPS) is 36.0. The first-order chi connectivity index (χ1) is 4.20. The molecule has 1 aliphatic rings. The summed E-state index contributed by atoms with van der Waals surface area (Å²) in [5.74, 6) is -0.00579. The number of nitrogens with one attached hydrogen (secondary N) is 1. The Morgan fingerprint density at radius 2 is 2.33 bits per heavy atom. The maximum atomic E-state index is 10.8. The zero-order chi connectivity index (χ0) is 6.85. The molecule has 0 bridgehead atoms. The van der Waals surface area contributed by atoms with E-state index in [0.29, 0.717) is 6.61 Å². The molecule has 0 unspecified atom stereocenters.